The van der Waals surface area contributed by atoms with Crippen molar-refractivity contribution in [3.05, 3.63) is 65.2 Å². The van der Waals surface area contributed by atoms with Gasteiger partial charge in [-0.05, 0) is 48.1 Å². The molecule has 0 fully saturated rings. The van der Waals surface area contributed by atoms with Crippen LogP contribution >= 0.6 is 11.8 Å². The first-order valence-electron chi connectivity index (χ1n) is 10.4. The zero-order chi connectivity index (χ0) is 20.6. The quantitative estimate of drug-likeness (QED) is 0.663. The maximum Gasteiger partial charge on any atom is 0.246 e. The van der Waals surface area contributed by atoms with Gasteiger partial charge in [0.2, 0.25) is 11.8 Å². The van der Waals surface area contributed by atoms with Gasteiger partial charge in [0.15, 0.2) is 0 Å². The molecule has 1 heterocycles. The number of nitrogens with zero attached hydrogens (tertiary/aromatic N) is 1. The van der Waals surface area contributed by atoms with Crippen LogP contribution in [0.5, 0.6) is 0 Å². The number of nitrogens with one attached hydrogen (secondary N) is 1. The van der Waals surface area contributed by atoms with Crippen LogP contribution in [-0.4, -0.2) is 35.1 Å². The third-order valence-electron chi connectivity index (χ3n) is 5.28. The van der Waals surface area contributed by atoms with E-state index in [9.17, 15) is 9.59 Å². The van der Waals surface area contributed by atoms with Crippen molar-refractivity contribution in [3.63, 3.8) is 0 Å². The van der Waals surface area contributed by atoms with Gasteiger partial charge in [-0.3, -0.25) is 9.59 Å². The zero-order valence-corrected chi connectivity index (χ0v) is 18.1. The van der Waals surface area contributed by atoms with E-state index >= 15 is 0 Å². The summed E-state index contributed by atoms with van der Waals surface area (Å²) in [7, 11) is 0. The predicted molar refractivity (Wildman–Crippen MR) is 119 cm³/mol. The Morgan fingerprint density at radius 1 is 1.10 bits per heavy atom. The smallest absolute Gasteiger partial charge is 0.246 e. The Bertz CT molecular complexity index is 835. The topological polar surface area (TPSA) is 49.4 Å². The molecule has 1 aliphatic rings. The third-order valence-corrected chi connectivity index (χ3v) is 6.38. The summed E-state index contributed by atoms with van der Waals surface area (Å²) in [5, 5.41) is 2.86. The van der Waals surface area contributed by atoms with E-state index in [4.69, 9.17) is 0 Å². The molecule has 1 aliphatic heterocycles. The summed E-state index contributed by atoms with van der Waals surface area (Å²) < 4.78 is 0. The number of fused-ring (bicyclic) bond motifs is 1. The molecule has 0 aromatic heterocycles. The number of aryl methyl sites for hydroxylation is 1. The molecule has 4 nitrogen and oxygen atoms in total. The molecule has 1 unspecified atom stereocenters. The zero-order valence-electron chi connectivity index (χ0n) is 17.3. The van der Waals surface area contributed by atoms with E-state index in [1.165, 1.54) is 36.5 Å². The van der Waals surface area contributed by atoms with Crippen molar-refractivity contribution in [3.8, 4) is 0 Å². The van der Waals surface area contributed by atoms with E-state index in [1.807, 2.05) is 17.0 Å². The number of benzene rings is 2. The van der Waals surface area contributed by atoms with Crippen molar-refractivity contribution in [2.45, 2.75) is 57.0 Å². The van der Waals surface area contributed by atoms with E-state index in [-0.39, 0.29) is 11.8 Å². The van der Waals surface area contributed by atoms with Crippen LogP contribution in [0.15, 0.2) is 53.4 Å². The lowest BCUT2D eigenvalue weighted by molar-refractivity contribution is -0.136. The lowest BCUT2D eigenvalue weighted by atomic mass is 9.99. The van der Waals surface area contributed by atoms with Crippen molar-refractivity contribution in [1.82, 2.24) is 10.2 Å². The lowest BCUT2D eigenvalue weighted by Gasteiger charge is -2.32. The van der Waals surface area contributed by atoms with Crippen LogP contribution in [0.4, 0.5) is 0 Å². The summed E-state index contributed by atoms with van der Waals surface area (Å²) in [4.78, 5) is 27.8. The molecule has 0 spiro atoms. The summed E-state index contributed by atoms with van der Waals surface area (Å²) >= 11 is 1.62. The van der Waals surface area contributed by atoms with Crippen molar-refractivity contribution in [1.29, 1.82) is 0 Å². The van der Waals surface area contributed by atoms with Gasteiger partial charge < -0.3 is 10.2 Å². The summed E-state index contributed by atoms with van der Waals surface area (Å²) in [5.41, 5.74) is 3.85. The van der Waals surface area contributed by atoms with Crippen LogP contribution in [0.3, 0.4) is 0 Å². The Morgan fingerprint density at radius 3 is 2.52 bits per heavy atom. The number of carbonyl (C=O) groups excluding carboxylic acids is 2. The van der Waals surface area contributed by atoms with Gasteiger partial charge in [0.25, 0.3) is 0 Å². The standard InChI is InChI=1S/C24H30N2O2S/c1-3-4-7-19-10-12-22(13-11-19)29-17-23(25-18(2)27)24(28)26-15-14-20-8-5-6-9-21(20)16-26/h5-6,8-13,23H,3-4,7,14-17H2,1-2H3,(H,25,27). The van der Waals surface area contributed by atoms with Crippen molar-refractivity contribution < 1.29 is 9.59 Å². The molecule has 29 heavy (non-hydrogen) atoms. The van der Waals surface area contributed by atoms with Crippen LogP contribution in [-0.2, 0) is 29.0 Å². The Morgan fingerprint density at radius 2 is 1.83 bits per heavy atom. The fourth-order valence-electron chi connectivity index (χ4n) is 3.64. The summed E-state index contributed by atoms with van der Waals surface area (Å²) in [6.07, 6.45) is 4.36. The van der Waals surface area contributed by atoms with E-state index < -0.39 is 6.04 Å². The molecule has 154 valence electrons. The number of thioether (sulfide) groups is 1. The number of hydrogen-bond donors (Lipinski definition) is 1. The van der Waals surface area contributed by atoms with Gasteiger partial charge in [-0.15, -0.1) is 11.8 Å². The fourth-order valence-corrected chi connectivity index (χ4v) is 4.55. The molecular weight excluding hydrogens is 380 g/mol. The van der Waals surface area contributed by atoms with Crippen LogP contribution in [0, 0.1) is 0 Å². The molecule has 1 atom stereocenters. The van der Waals surface area contributed by atoms with Crippen LogP contribution in [0.1, 0.15) is 43.4 Å². The average molecular weight is 411 g/mol. The molecule has 5 heteroatoms. The van der Waals surface area contributed by atoms with Gasteiger partial charge in [0, 0.05) is 30.7 Å². The first-order valence-corrected chi connectivity index (χ1v) is 11.4. The molecule has 0 saturated heterocycles. The third kappa shape index (κ3) is 6.10. The van der Waals surface area contributed by atoms with Gasteiger partial charge in [-0.1, -0.05) is 49.7 Å². The van der Waals surface area contributed by atoms with Gasteiger partial charge in [0.1, 0.15) is 6.04 Å². The van der Waals surface area contributed by atoms with E-state index in [0.717, 1.165) is 17.7 Å². The summed E-state index contributed by atoms with van der Waals surface area (Å²) in [6, 6.07) is 16.3. The molecule has 0 radical (unpaired) electrons. The highest BCUT2D eigenvalue weighted by Gasteiger charge is 2.28. The molecule has 0 aliphatic carbocycles. The van der Waals surface area contributed by atoms with Crippen LogP contribution in [0.2, 0.25) is 0 Å². The van der Waals surface area contributed by atoms with Gasteiger partial charge in [-0.25, -0.2) is 0 Å². The molecule has 2 amide bonds. The maximum atomic E-state index is 13.1. The Labute approximate surface area is 178 Å². The first kappa shape index (κ1) is 21.4. The van der Waals surface area contributed by atoms with Crippen LogP contribution in [0.25, 0.3) is 0 Å². The second-order valence-electron chi connectivity index (χ2n) is 7.59. The molecular formula is C24H30N2O2S. The minimum Gasteiger partial charge on any atom is -0.344 e. The second kappa shape index (κ2) is 10.5. The van der Waals surface area contributed by atoms with Gasteiger partial charge in [-0.2, -0.15) is 0 Å². The summed E-state index contributed by atoms with van der Waals surface area (Å²) in [5.74, 6) is 0.364. The van der Waals surface area contributed by atoms with E-state index in [1.54, 1.807) is 11.8 Å². The first-order chi connectivity index (χ1) is 14.1. The maximum absolute atomic E-state index is 13.1. The SMILES string of the molecule is CCCCc1ccc(SCC(NC(C)=O)C(=O)N2CCc3ccccc3C2)cc1. The Balaban J connectivity index is 1.62. The largest absolute Gasteiger partial charge is 0.344 e. The Kier molecular flexibility index (Phi) is 7.76. The molecule has 2 aromatic carbocycles. The number of hydrogen-bond acceptors (Lipinski definition) is 3. The number of amides is 2. The molecule has 0 bridgehead atoms. The minimum absolute atomic E-state index is 0.00164. The van der Waals surface area contributed by atoms with Crippen LogP contribution < -0.4 is 5.32 Å². The molecule has 0 saturated carbocycles. The number of rotatable bonds is 8. The van der Waals surface area contributed by atoms with Gasteiger partial charge in [0.05, 0.1) is 0 Å². The van der Waals surface area contributed by atoms with Gasteiger partial charge >= 0.3 is 0 Å². The molecule has 3 rings (SSSR count). The second-order valence-corrected chi connectivity index (χ2v) is 8.68. The highest BCUT2D eigenvalue weighted by Crippen LogP contribution is 2.23. The highest BCUT2D eigenvalue weighted by molar-refractivity contribution is 7.99. The normalized spacial score (nSPS) is 14.2. The van der Waals surface area contributed by atoms with Crippen molar-refractivity contribution >= 4 is 23.6 Å². The fraction of sp³-hybridized carbons (Fsp3) is 0.417. The number of carbonyl (C=O) groups is 2. The number of unbranched alkanes of at least 4 members (excludes halogenated alkanes) is 1. The highest BCUT2D eigenvalue weighted by atomic mass is 32.2. The van der Waals surface area contributed by atoms with E-state index in [0.29, 0.717) is 18.8 Å². The lowest BCUT2D eigenvalue weighted by Crippen LogP contribution is -2.50. The van der Waals surface area contributed by atoms with Crippen molar-refractivity contribution in [2.24, 2.45) is 0 Å². The predicted octanol–water partition coefficient (Wildman–Crippen LogP) is 4.21. The molecule has 2 aromatic rings. The summed E-state index contributed by atoms with van der Waals surface area (Å²) in [6.45, 7) is 4.98. The van der Waals surface area contributed by atoms with E-state index in [2.05, 4.69) is 48.6 Å². The molecule has 1 N–H and O–H groups in total. The van der Waals surface area contributed by atoms with Crippen molar-refractivity contribution in [2.75, 3.05) is 12.3 Å². The monoisotopic (exact) mass is 410 g/mol. The minimum atomic E-state index is -0.512. The average Bonchev–Trinajstić information content (AvgIpc) is 2.74. The Hall–Kier alpha value is -2.27.